The molecule has 0 aliphatic heterocycles. The SMILES string of the molecule is Cc1ccc(C(C)C(C)CCN)cc1C(C)(C)C. The van der Waals surface area contributed by atoms with Crippen molar-refractivity contribution in [3.05, 3.63) is 34.9 Å². The molecule has 2 unspecified atom stereocenters. The zero-order chi connectivity index (χ0) is 13.9. The maximum Gasteiger partial charge on any atom is -0.00745 e. The Kier molecular flexibility index (Phi) is 4.98. The van der Waals surface area contributed by atoms with E-state index in [1.807, 2.05) is 0 Å². The van der Waals surface area contributed by atoms with E-state index in [0.29, 0.717) is 11.8 Å². The molecule has 2 atom stereocenters. The summed E-state index contributed by atoms with van der Waals surface area (Å²) in [7, 11) is 0. The standard InChI is InChI=1S/C17H29N/c1-12(9-10-18)14(3)15-8-7-13(2)16(11-15)17(4,5)6/h7-8,11-12,14H,9-10,18H2,1-6H3. The van der Waals surface area contributed by atoms with E-state index in [-0.39, 0.29) is 5.41 Å². The fourth-order valence-corrected chi connectivity index (χ4v) is 2.57. The number of hydrogen-bond donors (Lipinski definition) is 1. The largest absolute Gasteiger partial charge is 0.330 e. The molecule has 18 heavy (non-hydrogen) atoms. The Morgan fingerprint density at radius 2 is 1.78 bits per heavy atom. The van der Waals surface area contributed by atoms with Crippen molar-refractivity contribution in [3.63, 3.8) is 0 Å². The third-order valence-corrected chi connectivity index (χ3v) is 4.07. The Labute approximate surface area is 113 Å². The highest BCUT2D eigenvalue weighted by Gasteiger charge is 2.19. The average molecular weight is 247 g/mol. The summed E-state index contributed by atoms with van der Waals surface area (Å²) in [5.41, 5.74) is 10.2. The lowest BCUT2D eigenvalue weighted by molar-refractivity contribution is 0.458. The summed E-state index contributed by atoms with van der Waals surface area (Å²) in [6.07, 6.45) is 1.10. The van der Waals surface area contributed by atoms with Gasteiger partial charge in [0.2, 0.25) is 0 Å². The molecule has 0 radical (unpaired) electrons. The maximum atomic E-state index is 5.67. The second-order valence-corrected chi connectivity index (χ2v) is 6.67. The van der Waals surface area contributed by atoms with E-state index >= 15 is 0 Å². The van der Waals surface area contributed by atoms with E-state index < -0.39 is 0 Å². The molecule has 1 aromatic rings. The fourth-order valence-electron chi connectivity index (χ4n) is 2.57. The van der Waals surface area contributed by atoms with Crippen molar-refractivity contribution >= 4 is 0 Å². The maximum absolute atomic E-state index is 5.67. The molecular formula is C17H29N. The van der Waals surface area contributed by atoms with Crippen LogP contribution in [-0.2, 0) is 5.41 Å². The molecule has 0 spiro atoms. The molecule has 0 heterocycles. The number of rotatable bonds is 4. The van der Waals surface area contributed by atoms with Crippen LogP contribution in [0.3, 0.4) is 0 Å². The van der Waals surface area contributed by atoms with Crippen LogP contribution in [0.4, 0.5) is 0 Å². The first-order chi connectivity index (χ1) is 8.27. The van der Waals surface area contributed by atoms with Gasteiger partial charge in [-0.1, -0.05) is 52.8 Å². The zero-order valence-corrected chi connectivity index (χ0v) is 12.9. The van der Waals surface area contributed by atoms with Crippen molar-refractivity contribution in [3.8, 4) is 0 Å². The van der Waals surface area contributed by atoms with Crippen LogP contribution in [-0.4, -0.2) is 6.54 Å². The second-order valence-electron chi connectivity index (χ2n) is 6.67. The van der Waals surface area contributed by atoms with E-state index in [0.717, 1.165) is 13.0 Å². The van der Waals surface area contributed by atoms with Crippen LogP contribution in [0.1, 0.15) is 63.6 Å². The minimum Gasteiger partial charge on any atom is -0.330 e. The van der Waals surface area contributed by atoms with Crippen molar-refractivity contribution in [2.75, 3.05) is 6.54 Å². The van der Waals surface area contributed by atoms with Gasteiger partial charge >= 0.3 is 0 Å². The first-order valence-corrected chi connectivity index (χ1v) is 7.08. The second kappa shape index (κ2) is 5.88. The highest BCUT2D eigenvalue weighted by molar-refractivity contribution is 5.37. The van der Waals surface area contributed by atoms with Gasteiger partial charge in [0.25, 0.3) is 0 Å². The first-order valence-electron chi connectivity index (χ1n) is 7.08. The van der Waals surface area contributed by atoms with Gasteiger partial charge in [0.15, 0.2) is 0 Å². The summed E-state index contributed by atoms with van der Waals surface area (Å²) in [6, 6.07) is 6.94. The highest BCUT2D eigenvalue weighted by Crippen LogP contribution is 2.32. The van der Waals surface area contributed by atoms with Gasteiger partial charge < -0.3 is 5.73 Å². The molecule has 0 aliphatic carbocycles. The molecule has 102 valence electrons. The third kappa shape index (κ3) is 3.58. The van der Waals surface area contributed by atoms with Gasteiger partial charge in [0, 0.05) is 0 Å². The van der Waals surface area contributed by atoms with Crippen molar-refractivity contribution in [2.24, 2.45) is 11.7 Å². The van der Waals surface area contributed by atoms with Gasteiger partial charge in [0.1, 0.15) is 0 Å². The highest BCUT2D eigenvalue weighted by atomic mass is 14.5. The third-order valence-electron chi connectivity index (χ3n) is 4.07. The molecule has 0 saturated heterocycles. The lowest BCUT2D eigenvalue weighted by Crippen LogP contribution is -2.16. The number of hydrogen-bond acceptors (Lipinski definition) is 1. The van der Waals surface area contributed by atoms with Crippen molar-refractivity contribution in [1.82, 2.24) is 0 Å². The topological polar surface area (TPSA) is 26.0 Å². The van der Waals surface area contributed by atoms with E-state index in [2.05, 4.69) is 59.7 Å². The molecule has 0 bridgehead atoms. The molecule has 1 aromatic carbocycles. The Bertz CT molecular complexity index is 387. The molecule has 1 heteroatoms. The zero-order valence-electron chi connectivity index (χ0n) is 12.9. The van der Waals surface area contributed by atoms with Crippen molar-refractivity contribution in [2.45, 2.75) is 59.3 Å². The summed E-state index contributed by atoms with van der Waals surface area (Å²) >= 11 is 0. The molecule has 2 N–H and O–H groups in total. The predicted octanol–water partition coefficient (Wildman–Crippen LogP) is 4.38. The number of benzene rings is 1. The van der Waals surface area contributed by atoms with Gasteiger partial charge in [-0.15, -0.1) is 0 Å². The van der Waals surface area contributed by atoms with Crippen LogP contribution in [0.5, 0.6) is 0 Å². The normalized spacial score (nSPS) is 15.5. The smallest absolute Gasteiger partial charge is 0.00745 e. The summed E-state index contributed by atoms with van der Waals surface area (Å²) in [5.74, 6) is 1.22. The van der Waals surface area contributed by atoms with Gasteiger partial charge in [-0.2, -0.15) is 0 Å². The van der Waals surface area contributed by atoms with Crippen LogP contribution in [0.25, 0.3) is 0 Å². The van der Waals surface area contributed by atoms with Crippen LogP contribution < -0.4 is 5.73 Å². The Hall–Kier alpha value is -0.820. The van der Waals surface area contributed by atoms with Crippen LogP contribution in [0, 0.1) is 12.8 Å². The summed E-state index contributed by atoms with van der Waals surface area (Å²) in [4.78, 5) is 0. The van der Waals surface area contributed by atoms with Crippen molar-refractivity contribution < 1.29 is 0 Å². The van der Waals surface area contributed by atoms with Gasteiger partial charge in [-0.3, -0.25) is 0 Å². The molecule has 0 fully saturated rings. The number of nitrogens with two attached hydrogens (primary N) is 1. The number of aryl methyl sites for hydroxylation is 1. The summed E-state index contributed by atoms with van der Waals surface area (Å²) in [5, 5.41) is 0. The minimum absolute atomic E-state index is 0.219. The van der Waals surface area contributed by atoms with E-state index in [9.17, 15) is 0 Å². The summed E-state index contributed by atoms with van der Waals surface area (Å²) < 4.78 is 0. The van der Waals surface area contributed by atoms with Gasteiger partial charge in [-0.05, 0) is 53.8 Å². The fraction of sp³-hybridized carbons (Fsp3) is 0.647. The van der Waals surface area contributed by atoms with Crippen LogP contribution in [0.15, 0.2) is 18.2 Å². The van der Waals surface area contributed by atoms with E-state index in [1.165, 1.54) is 16.7 Å². The lowest BCUT2D eigenvalue weighted by atomic mass is 9.79. The van der Waals surface area contributed by atoms with Gasteiger partial charge in [0.05, 0.1) is 0 Å². The molecule has 1 rings (SSSR count). The monoisotopic (exact) mass is 247 g/mol. The van der Waals surface area contributed by atoms with E-state index in [1.54, 1.807) is 0 Å². The molecular weight excluding hydrogens is 218 g/mol. The van der Waals surface area contributed by atoms with Crippen LogP contribution in [0.2, 0.25) is 0 Å². The molecule has 0 aromatic heterocycles. The molecule has 0 saturated carbocycles. The summed E-state index contributed by atoms with van der Waals surface area (Å²) in [6.45, 7) is 14.5. The first kappa shape index (κ1) is 15.2. The van der Waals surface area contributed by atoms with E-state index in [4.69, 9.17) is 5.73 Å². The molecule has 0 amide bonds. The molecule has 1 nitrogen and oxygen atoms in total. The van der Waals surface area contributed by atoms with Crippen molar-refractivity contribution in [1.29, 1.82) is 0 Å². The predicted molar refractivity (Wildman–Crippen MR) is 81.1 cm³/mol. The molecule has 0 aliphatic rings. The lowest BCUT2D eigenvalue weighted by Gasteiger charge is -2.26. The quantitative estimate of drug-likeness (QED) is 0.839. The Balaban J connectivity index is 3.05. The minimum atomic E-state index is 0.219. The Morgan fingerprint density at radius 3 is 2.28 bits per heavy atom. The average Bonchev–Trinajstić information content (AvgIpc) is 2.27. The van der Waals surface area contributed by atoms with Crippen LogP contribution >= 0.6 is 0 Å². The van der Waals surface area contributed by atoms with Gasteiger partial charge in [-0.25, -0.2) is 0 Å². The Morgan fingerprint density at radius 1 is 1.17 bits per heavy atom.